The molecule has 3 aliphatic rings. The van der Waals surface area contributed by atoms with E-state index in [-0.39, 0.29) is 24.4 Å². The molecule has 3 aliphatic heterocycles. The summed E-state index contributed by atoms with van der Waals surface area (Å²) in [6, 6.07) is 7.15. The van der Waals surface area contributed by atoms with E-state index in [1.165, 1.54) is 16.2 Å². The van der Waals surface area contributed by atoms with Crippen molar-refractivity contribution in [3.63, 3.8) is 0 Å². The van der Waals surface area contributed by atoms with Crippen molar-refractivity contribution >= 4 is 51.0 Å². The van der Waals surface area contributed by atoms with Crippen LogP contribution in [0.25, 0.3) is 21.3 Å². The molecule has 2 N–H and O–H groups in total. The van der Waals surface area contributed by atoms with Crippen molar-refractivity contribution < 1.29 is 19.1 Å². The summed E-state index contributed by atoms with van der Waals surface area (Å²) in [4.78, 5) is 46.0. The predicted molar refractivity (Wildman–Crippen MR) is 136 cm³/mol. The molecule has 2 aromatic heterocycles. The molecule has 11 heteroatoms. The van der Waals surface area contributed by atoms with Gasteiger partial charge < -0.3 is 20.3 Å². The quantitative estimate of drug-likeness (QED) is 0.543. The lowest BCUT2D eigenvalue weighted by molar-refractivity contribution is -0.138. The Kier molecular flexibility index (Phi) is 6.02. The van der Waals surface area contributed by atoms with E-state index in [1.807, 2.05) is 29.2 Å². The number of benzene rings is 1. The molecule has 0 radical (unpaired) electrons. The van der Waals surface area contributed by atoms with Crippen molar-refractivity contribution in [3.05, 3.63) is 45.9 Å². The Bertz CT molecular complexity index is 1370. The second-order valence-corrected chi connectivity index (χ2v) is 10.6. The first-order valence-corrected chi connectivity index (χ1v) is 13.1. The highest BCUT2D eigenvalue weighted by molar-refractivity contribution is 7.19. The van der Waals surface area contributed by atoms with Crippen LogP contribution < -0.4 is 15.4 Å². The van der Waals surface area contributed by atoms with Crippen LogP contribution in [-0.4, -0.2) is 71.5 Å². The van der Waals surface area contributed by atoms with Crippen molar-refractivity contribution in [2.75, 3.05) is 32.7 Å². The van der Waals surface area contributed by atoms with E-state index >= 15 is 0 Å². The Morgan fingerprint density at radius 3 is 2.81 bits per heavy atom. The van der Waals surface area contributed by atoms with E-state index in [0.29, 0.717) is 43.2 Å². The van der Waals surface area contributed by atoms with Crippen LogP contribution in [0, 0.1) is 0 Å². The standard InChI is InChI=1S/C25H24ClN5O4S/c26-15-9-14-10-20(24(33)30-7-5-27-6-8-30)35-22(14)18(11-15)17-1-3-28-19-12-16(36-23(17)19)13-31-21(32)2-4-29-25(31)34/h1,3,9,11-12,20,27H,2,4-8,10,13H2,(H,29,34)/t20-/m1/s1. The van der Waals surface area contributed by atoms with Crippen molar-refractivity contribution in [1.82, 2.24) is 25.4 Å². The predicted octanol–water partition coefficient (Wildman–Crippen LogP) is 2.79. The number of pyridine rings is 1. The molecule has 1 aromatic carbocycles. The zero-order valence-corrected chi connectivity index (χ0v) is 21.0. The first-order chi connectivity index (χ1) is 17.5. The van der Waals surface area contributed by atoms with Crippen molar-refractivity contribution in [3.8, 4) is 16.9 Å². The maximum atomic E-state index is 13.1. The van der Waals surface area contributed by atoms with Crippen molar-refractivity contribution in [2.24, 2.45) is 0 Å². The number of carbonyl (C=O) groups excluding carboxylic acids is 3. The Labute approximate surface area is 216 Å². The van der Waals surface area contributed by atoms with Gasteiger partial charge in [0.25, 0.3) is 5.91 Å². The minimum atomic E-state index is -0.574. The Morgan fingerprint density at radius 2 is 2.00 bits per heavy atom. The minimum Gasteiger partial charge on any atom is -0.479 e. The number of ether oxygens (including phenoxy) is 1. The number of imide groups is 1. The topological polar surface area (TPSA) is 104 Å². The summed E-state index contributed by atoms with van der Waals surface area (Å²) >= 11 is 7.99. The molecule has 0 saturated carbocycles. The summed E-state index contributed by atoms with van der Waals surface area (Å²) in [5.74, 6) is 0.476. The molecule has 36 heavy (non-hydrogen) atoms. The lowest BCUT2D eigenvalue weighted by atomic mass is 10.0. The molecule has 0 aliphatic carbocycles. The van der Waals surface area contributed by atoms with E-state index < -0.39 is 6.10 Å². The van der Waals surface area contributed by atoms with Gasteiger partial charge in [0.05, 0.1) is 16.8 Å². The SMILES string of the molecule is O=C([C@H]1Cc2cc(Cl)cc(-c3ccnc4cc(CN5C(=O)CCNC5=O)sc34)c2O1)N1CCNCC1. The number of thiophene rings is 1. The average Bonchev–Trinajstić information content (AvgIpc) is 3.49. The highest BCUT2D eigenvalue weighted by Gasteiger charge is 2.35. The second kappa shape index (κ2) is 9.34. The lowest BCUT2D eigenvalue weighted by Crippen LogP contribution is -2.50. The maximum absolute atomic E-state index is 13.1. The summed E-state index contributed by atoms with van der Waals surface area (Å²) in [6.45, 7) is 3.46. The van der Waals surface area contributed by atoms with Crippen LogP contribution in [0.15, 0.2) is 30.5 Å². The summed E-state index contributed by atoms with van der Waals surface area (Å²) in [5, 5.41) is 6.55. The van der Waals surface area contributed by atoms with Crippen molar-refractivity contribution in [1.29, 1.82) is 0 Å². The van der Waals surface area contributed by atoms with E-state index in [2.05, 4.69) is 15.6 Å². The Hall–Kier alpha value is -3.21. The van der Waals surface area contributed by atoms with Crippen LogP contribution in [0.3, 0.4) is 0 Å². The molecule has 2 fully saturated rings. The van der Waals surface area contributed by atoms with Crippen LogP contribution in [-0.2, 0) is 22.6 Å². The Balaban J connectivity index is 1.33. The lowest BCUT2D eigenvalue weighted by Gasteiger charge is -2.29. The van der Waals surface area contributed by atoms with Crippen LogP contribution in [0.2, 0.25) is 5.02 Å². The maximum Gasteiger partial charge on any atom is 0.324 e. The molecule has 0 unspecified atom stereocenters. The molecule has 2 saturated heterocycles. The van der Waals surface area contributed by atoms with E-state index in [0.717, 1.165) is 44.9 Å². The summed E-state index contributed by atoms with van der Waals surface area (Å²) in [6.07, 6.45) is 1.91. The van der Waals surface area contributed by atoms with Gasteiger partial charge in [-0.05, 0) is 24.3 Å². The molecular weight excluding hydrogens is 502 g/mol. The third-order valence-electron chi connectivity index (χ3n) is 6.73. The molecule has 186 valence electrons. The number of urea groups is 1. The molecule has 1 atom stereocenters. The normalized spacial score (nSPS) is 19.9. The average molecular weight is 526 g/mol. The highest BCUT2D eigenvalue weighted by atomic mass is 35.5. The summed E-state index contributed by atoms with van der Waals surface area (Å²) in [7, 11) is 0. The molecule has 5 heterocycles. The van der Waals surface area contributed by atoms with Gasteiger partial charge in [0.15, 0.2) is 6.10 Å². The third-order valence-corrected chi connectivity index (χ3v) is 8.09. The van der Waals surface area contributed by atoms with Crippen LogP contribution in [0.1, 0.15) is 16.9 Å². The number of piperazine rings is 1. The number of hydrogen-bond donors (Lipinski definition) is 2. The van der Waals surface area contributed by atoms with E-state index in [1.54, 1.807) is 6.20 Å². The first-order valence-electron chi connectivity index (χ1n) is 11.9. The van der Waals surface area contributed by atoms with Gasteiger partial charge in [0, 0.05) is 78.4 Å². The number of hydrogen-bond acceptors (Lipinski definition) is 7. The highest BCUT2D eigenvalue weighted by Crippen LogP contribution is 2.45. The largest absolute Gasteiger partial charge is 0.479 e. The molecule has 0 spiro atoms. The molecule has 6 rings (SSSR count). The molecule has 0 bridgehead atoms. The van der Waals surface area contributed by atoms with Gasteiger partial charge in [-0.2, -0.15) is 0 Å². The van der Waals surface area contributed by atoms with Crippen LogP contribution in [0.5, 0.6) is 5.75 Å². The number of aromatic nitrogens is 1. The van der Waals surface area contributed by atoms with Gasteiger partial charge in [-0.1, -0.05) is 11.6 Å². The molecular formula is C25H24ClN5O4S. The van der Waals surface area contributed by atoms with Gasteiger partial charge in [-0.25, -0.2) is 4.79 Å². The fourth-order valence-electron chi connectivity index (χ4n) is 4.96. The second-order valence-electron chi connectivity index (χ2n) is 9.07. The molecule has 4 amide bonds. The summed E-state index contributed by atoms with van der Waals surface area (Å²) < 4.78 is 7.18. The fraction of sp³-hybridized carbons (Fsp3) is 0.360. The number of fused-ring (bicyclic) bond motifs is 2. The molecule has 9 nitrogen and oxygen atoms in total. The van der Waals surface area contributed by atoms with Gasteiger partial charge >= 0.3 is 6.03 Å². The van der Waals surface area contributed by atoms with Crippen molar-refractivity contribution in [2.45, 2.75) is 25.5 Å². The molecule has 3 aromatic rings. The van der Waals surface area contributed by atoms with Gasteiger partial charge in [-0.15, -0.1) is 11.3 Å². The van der Waals surface area contributed by atoms with Gasteiger partial charge in [0.2, 0.25) is 5.91 Å². The Morgan fingerprint density at radius 1 is 1.17 bits per heavy atom. The minimum absolute atomic E-state index is 0.00228. The number of halogens is 1. The first kappa shape index (κ1) is 23.2. The third kappa shape index (κ3) is 4.19. The van der Waals surface area contributed by atoms with E-state index in [9.17, 15) is 14.4 Å². The number of nitrogens with one attached hydrogen (secondary N) is 2. The van der Waals surface area contributed by atoms with Crippen LogP contribution in [0.4, 0.5) is 4.79 Å². The van der Waals surface area contributed by atoms with Gasteiger partial charge in [0.1, 0.15) is 5.75 Å². The smallest absolute Gasteiger partial charge is 0.324 e. The number of amides is 4. The zero-order valence-electron chi connectivity index (χ0n) is 19.4. The van der Waals surface area contributed by atoms with E-state index in [4.69, 9.17) is 16.3 Å². The monoisotopic (exact) mass is 525 g/mol. The zero-order chi connectivity index (χ0) is 24.8. The van der Waals surface area contributed by atoms with Crippen LogP contribution >= 0.6 is 22.9 Å². The number of carbonyl (C=O) groups is 3. The van der Waals surface area contributed by atoms with Gasteiger partial charge in [-0.3, -0.25) is 19.5 Å². The number of rotatable bonds is 4. The summed E-state index contributed by atoms with van der Waals surface area (Å²) in [5.41, 5.74) is 3.36. The number of nitrogens with zero attached hydrogens (tertiary/aromatic N) is 3. The fourth-order valence-corrected chi connectivity index (χ4v) is 6.34.